The Morgan fingerprint density at radius 3 is 2.88 bits per heavy atom. The van der Waals surface area contributed by atoms with Gasteiger partial charge >= 0.3 is 12.0 Å². The van der Waals surface area contributed by atoms with Gasteiger partial charge in [0, 0.05) is 26.2 Å². The fraction of sp³-hybridized carbons (Fsp3) is 0.444. The lowest BCUT2D eigenvalue weighted by Crippen LogP contribution is -2.28. The van der Waals surface area contributed by atoms with Gasteiger partial charge in [-0.1, -0.05) is 5.16 Å². The number of likely N-dealkylation sites (N-methyl/N-ethyl adjacent to an activating group) is 1. The van der Waals surface area contributed by atoms with Crippen LogP contribution in [0.4, 0.5) is 4.79 Å². The lowest BCUT2D eigenvalue weighted by atomic mass is 10.3. The van der Waals surface area contributed by atoms with Gasteiger partial charge in [-0.15, -0.1) is 0 Å². The normalized spacial score (nSPS) is 15.9. The lowest BCUT2D eigenvalue weighted by molar-refractivity contribution is 0.0685. The van der Waals surface area contributed by atoms with Crippen molar-refractivity contribution in [3.63, 3.8) is 0 Å². The summed E-state index contributed by atoms with van der Waals surface area (Å²) in [5, 5.41) is 12.0. The molecule has 86 valence electrons. The molecule has 1 aromatic heterocycles. The van der Waals surface area contributed by atoms with Gasteiger partial charge in [0.15, 0.2) is 11.5 Å². The number of carbonyl (C=O) groups excluding carboxylic acids is 1. The van der Waals surface area contributed by atoms with Crippen LogP contribution < -0.4 is 0 Å². The van der Waals surface area contributed by atoms with Crippen molar-refractivity contribution in [3.8, 4) is 0 Å². The Balaban J connectivity index is 2.04. The van der Waals surface area contributed by atoms with Crippen LogP contribution in [0.3, 0.4) is 0 Å². The molecular formula is C9H11N3O4. The second kappa shape index (κ2) is 3.84. The third-order valence-electron chi connectivity index (χ3n) is 2.43. The molecule has 0 bridgehead atoms. The third kappa shape index (κ3) is 1.83. The lowest BCUT2D eigenvalue weighted by Gasteiger charge is -2.13. The molecule has 0 unspecified atom stereocenters. The summed E-state index contributed by atoms with van der Waals surface area (Å²) in [7, 11) is 1.71. The summed E-state index contributed by atoms with van der Waals surface area (Å²) in [6.45, 7) is 1.53. The largest absolute Gasteiger partial charge is 0.476 e. The highest BCUT2D eigenvalue weighted by Crippen LogP contribution is 2.12. The van der Waals surface area contributed by atoms with E-state index in [-0.39, 0.29) is 18.3 Å². The standard InChI is InChI=1S/C9H11N3O4/c1-11-2-3-12(9(11)15)5-6-4-7(8(13)14)10-16-6/h4H,2-3,5H2,1H3,(H,13,14). The molecule has 7 nitrogen and oxygen atoms in total. The van der Waals surface area contributed by atoms with Gasteiger partial charge < -0.3 is 19.4 Å². The Bertz CT molecular complexity index is 428. The van der Waals surface area contributed by atoms with Gasteiger partial charge in [-0.25, -0.2) is 9.59 Å². The summed E-state index contributed by atoms with van der Waals surface area (Å²) < 4.78 is 4.83. The van der Waals surface area contributed by atoms with E-state index in [1.54, 1.807) is 16.8 Å². The Hall–Kier alpha value is -2.05. The van der Waals surface area contributed by atoms with Crippen LogP contribution in [-0.2, 0) is 6.54 Å². The van der Waals surface area contributed by atoms with E-state index in [0.29, 0.717) is 18.8 Å². The average Bonchev–Trinajstić information content (AvgIpc) is 2.81. The van der Waals surface area contributed by atoms with Gasteiger partial charge in [0.1, 0.15) is 0 Å². The molecule has 0 spiro atoms. The molecule has 7 heteroatoms. The first-order valence-corrected chi connectivity index (χ1v) is 4.77. The van der Waals surface area contributed by atoms with E-state index in [1.165, 1.54) is 6.07 Å². The molecule has 1 fully saturated rings. The molecule has 0 atom stereocenters. The molecule has 16 heavy (non-hydrogen) atoms. The second-order valence-corrected chi connectivity index (χ2v) is 3.61. The predicted molar refractivity (Wildman–Crippen MR) is 51.9 cm³/mol. The van der Waals surface area contributed by atoms with Crippen LogP contribution in [0.1, 0.15) is 16.2 Å². The molecule has 2 heterocycles. The van der Waals surface area contributed by atoms with Crippen molar-refractivity contribution < 1.29 is 19.2 Å². The van der Waals surface area contributed by atoms with Crippen LogP contribution in [0.15, 0.2) is 10.6 Å². The van der Waals surface area contributed by atoms with Crippen LogP contribution in [0.25, 0.3) is 0 Å². The minimum absolute atomic E-state index is 0.0896. The van der Waals surface area contributed by atoms with E-state index in [2.05, 4.69) is 5.16 Å². The molecule has 1 N–H and O–H groups in total. The summed E-state index contributed by atoms with van der Waals surface area (Å²) in [6.07, 6.45) is 0. The fourth-order valence-corrected chi connectivity index (χ4v) is 1.53. The number of urea groups is 1. The molecule has 1 aliphatic rings. The minimum atomic E-state index is -1.14. The van der Waals surface area contributed by atoms with E-state index in [9.17, 15) is 9.59 Å². The highest BCUT2D eigenvalue weighted by Gasteiger charge is 2.26. The number of aromatic carboxylic acids is 1. The number of aromatic nitrogens is 1. The van der Waals surface area contributed by atoms with Crippen molar-refractivity contribution in [2.24, 2.45) is 0 Å². The highest BCUT2D eigenvalue weighted by atomic mass is 16.5. The Kier molecular flexibility index (Phi) is 2.51. The summed E-state index contributed by atoms with van der Waals surface area (Å²) in [4.78, 5) is 25.2. The summed E-state index contributed by atoms with van der Waals surface area (Å²) in [6, 6.07) is 1.24. The predicted octanol–water partition coefficient (Wildman–Crippen LogP) is 0.240. The molecule has 0 radical (unpaired) electrons. The molecular weight excluding hydrogens is 214 g/mol. The van der Waals surface area contributed by atoms with Crippen LogP contribution in [0, 0.1) is 0 Å². The van der Waals surface area contributed by atoms with Crippen molar-refractivity contribution in [2.75, 3.05) is 20.1 Å². The van der Waals surface area contributed by atoms with E-state index < -0.39 is 5.97 Å². The van der Waals surface area contributed by atoms with Gasteiger partial charge in [0.25, 0.3) is 0 Å². The number of hydrogen-bond donors (Lipinski definition) is 1. The molecule has 0 saturated carbocycles. The smallest absolute Gasteiger partial charge is 0.358 e. The van der Waals surface area contributed by atoms with Gasteiger partial charge in [-0.2, -0.15) is 0 Å². The number of rotatable bonds is 3. The molecule has 1 saturated heterocycles. The fourth-order valence-electron chi connectivity index (χ4n) is 1.53. The summed E-state index contributed by atoms with van der Waals surface area (Å²) in [5.41, 5.74) is -0.144. The Labute approximate surface area is 91.2 Å². The number of hydrogen-bond acceptors (Lipinski definition) is 4. The van der Waals surface area contributed by atoms with Crippen LogP contribution in [-0.4, -0.2) is 52.2 Å². The number of carboxylic acid groups (broad SMARTS) is 1. The minimum Gasteiger partial charge on any atom is -0.476 e. The van der Waals surface area contributed by atoms with E-state index in [4.69, 9.17) is 9.63 Å². The molecule has 1 aromatic rings. The van der Waals surface area contributed by atoms with Gasteiger partial charge in [0.2, 0.25) is 0 Å². The highest BCUT2D eigenvalue weighted by molar-refractivity contribution is 5.85. The van der Waals surface area contributed by atoms with E-state index in [0.717, 1.165) is 0 Å². The molecule has 1 aliphatic heterocycles. The molecule has 0 aromatic carbocycles. The van der Waals surface area contributed by atoms with Crippen molar-refractivity contribution in [1.29, 1.82) is 0 Å². The zero-order valence-corrected chi connectivity index (χ0v) is 8.71. The Morgan fingerprint density at radius 1 is 1.62 bits per heavy atom. The summed E-state index contributed by atoms with van der Waals surface area (Å²) in [5.74, 6) is -0.763. The monoisotopic (exact) mass is 225 g/mol. The van der Waals surface area contributed by atoms with Crippen molar-refractivity contribution >= 4 is 12.0 Å². The first-order valence-electron chi connectivity index (χ1n) is 4.77. The number of carbonyl (C=O) groups is 2. The van der Waals surface area contributed by atoms with Crippen molar-refractivity contribution in [2.45, 2.75) is 6.54 Å². The number of carboxylic acids is 1. The third-order valence-corrected chi connectivity index (χ3v) is 2.43. The molecule has 2 amide bonds. The second-order valence-electron chi connectivity index (χ2n) is 3.61. The Morgan fingerprint density at radius 2 is 2.38 bits per heavy atom. The van der Waals surface area contributed by atoms with E-state index in [1.807, 2.05) is 0 Å². The quantitative estimate of drug-likeness (QED) is 0.796. The van der Waals surface area contributed by atoms with Crippen LogP contribution in [0.2, 0.25) is 0 Å². The van der Waals surface area contributed by atoms with Crippen LogP contribution in [0.5, 0.6) is 0 Å². The van der Waals surface area contributed by atoms with Crippen molar-refractivity contribution in [3.05, 3.63) is 17.5 Å². The first kappa shape index (κ1) is 10.5. The SMILES string of the molecule is CN1CCN(Cc2cc(C(=O)O)no2)C1=O. The van der Waals surface area contributed by atoms with Gasteiger partial charge in [-0.3, -0.25) is 0 Å². The van der Waals surface area contributed by atoms with Gasteiger partial charge in [0.05, 0.1) is 6.54 Å². The molecule has 2 rings (SSSR count). The maximum Gasteiger partial charge on any atom is 0.358 e. The average molecular weight is 225 g/mol. The number of nitrogens with zero attached hydrogens (tertiary/aromatic N) is 3. The topological polar surface area (TPSA) is 86.9 Å². The zero-order chi connectivity index (χ0) is 11.7. The zero-order valence-electron chi connectivity index (χ0n) is 8.71. The van der Waals surface area contributed by atoms with Crippen LogP contribution >= 0.6 is 0 Å². The first-order chi connectivity index (χ1) is 7.58. The maximum atomic E-state index is 11.5. The van der Waals surface area contributed by atoms with E-state index >= 15 is 0 Å². The summed E-state index contributed by atoms with van der Waals surface area (Å²) >= 11 is 0. The van der Waals surface area contributed by atoms with Crippen molar-refractivity contribution in [1.82, 2.24) is 15.0 Å². The van der Waals surface area contributed by atoms with Gasteiger partial charge in [-0.05, 0) is 0 Å². The molecule has 0 aliphatic carbocycles. The maximum absolute atomic E-state index is 11.5. The number of amides is 2.